The molecular weight excluding hydrogens is 587 g/mol. The second kappa shape index (κ2) is 11.5. The normalized spacial score (nSPS) is 15.7. The third kappa shape index (κ3) is 6.13. The molecule has 0 spiro atoms. The van der Waals surface area contributed by atoms with Crippen molar-refractivity contribution in [2.45, 2.75) is 13.5 Å². The van der Waals surface area contributed by atoms with Crippen molar-refractivity contribution >= 4 is 79.7 Å². The van der Waals surface area contributed by atoms with Crippen LogP contribution in [0, 0.1) is 0 Å². The third-order valence-electron chi connectivity index (χ3n) is 5.17. The van der Waals surface area contributed by atoms with Crippen molar-refractivity contribution in [2.24, 2.45) is 4.99 Å². The lowest BCUT2D eigenvalue weighted by Gasteiger charge is -2.12. The summed E-state index contributed by atoms with van der Waals surface area (Å²) in [6.45, 7) is 2.57. The zero-order valence-corrected chi connectivity index (χ0v) is 22.8. The quantitative estimate of drug-likeness (QED) is 0.280. The van der Waals surface area contributed by atoms with Gasteiger partial charge in [-0.15, -0.1) is 0 Å². The van der Waals surface area contributed by atoms with Gasteiger partial charge in [0, 0.05) is 22.2 Å². The van der Waals surface area contributed by atoms with Crippen molar-refractivity contribution in [3.8, 4) is 5.75 Å². The fraction of sp³-hybridized carbons (Fsp3) is 0.115. The Bertz CT molecular complexity index is 1410. The molecule has 0 saturated carbocycles. The summed E-state index contributed by atoms with van der Waals surface area (Å²) in [6.07, 6.45) is 1.79. The van der Waals surface area contributed by atoms with Crippen molar-refractivity contribution in [1.82, 2.24) is 4.90 Å². The van der Waals surface area contributed by atoms with Crippen molar-refractivity contribution in [1.29, 1.82) is 0 Å². The standard InChI is InChI=1S/C26H19BrCl2N2O4S/c1-2-31-24(32)23(36-26(31)30-19-5-3-4-16(12-19)25(33)34)11-15-6-9-22(20(27)10-15)35-14-17-7-8-18(28)13-21(17)29/h3-13H,2,14H2,1H3,(H,33,34)/b23-11-,30-26?. The zero-order valence-electron chi connectivity index (χ0n) is 18.9. The number of thioether (sulfide) groups is 1. The Morgan fingerprint density at radius 3 is 2.67 bits per heavy atom. The summed E-state index contributed by atoms with van der Waals surface area (Å²) in [7, 11) is 0. The first kappa shape index (κ1) is 26.3. The van der Waals surface area contributed by atoms with Gasteiger partial charge in [-0.25, -0.2) is 9.79 Å². The highest BCUT2D eigenvalue weighted by Crippen LogP contribution is 2.35. The second-order valence-corrected chi connectivity index (χ2v) is 10.3. The molecular formula is C26H19BrCl2N2O4S. The second-order valence-electron chi connectivity index (χ2n) is 7.62. The summed E-state index contributed by atoms with van der Waals surface area (Å²) in [6, 6.07) is 17.1. The van der Waals surface area contributed by atoms with Crippen LogP contribution >= 0.6 is 50.9 Å². The summed E-state index contributed by atoms with van der Waals surface area (Å²) >= 11 is 16.9. The minimum atomic E-state index is -1.03. The predicted octanol–water partition coefficient (Wildman–Crippen LogP) is 7.66. The van der Waals surface area contributed by atoms with E-state index in [1.165, 1.54) is 23.9 Å². The molecule has 0 unspecified atom stereocenters. The molecule has 6 nitrogen and oxygen atoms in total. The Balaban J connectivity index is 1.52. The number of carboxylic acid groups (broad SMARTS) is 1. The van der Waals surface area contributed by atoms with E-state index in [9.17, 15) is 14.7 Å². The zero-order chi connectivity index (χ0) is 25.8. The van der Waals surface area contributed by atoms with E-state index in [4.69, 9.17) is 27.9 Å². The highest BCUT2D eigenvalue weighted by Gasteiger charge is 2.32. The van der Waals surface area contributed by atoms with Gasteiger partial charge in [0.1, 0.15) is 12.4 Å². The minimum absolute atomic E-state index is 0.135. The Kier molecular flexibility index (Phi) is 8.41. The molecule has 10 heteroatoms. The van der Waals surface area contributed by atoms with Crippen LogP contribution in [0.1, 0.15) is 28.4 Å². The Hall–Kier alpha value is -2.78. The number of nitrogens with zero attached hydrogens (tertiary/aromatic N) is 2. The number of likely N-dealkylation sites (N-methyl/N-ethyl adjacent to an activating group) is 1. The van der Waals surface area contributed by atoms with Gasteiger partial charge in [0.25, 0.3) is 5.91 Å². The van der Waals surface area contributed by atoms with Gasteiger partial charge in [-0.05, 0) is 88.7 Å². The number of amides is 1. The van der Waals surface area contributed by atoms with Crippen LogP contribution in [0.2, 0.25) is 10.0 Å². The van der Waals surface area contributed by atoms with E-state index in [0.717, 1.165) is 15.6 Å². The molecule has 0 radical (unpaired) electrons. The van der Waals surface area contributed by atoms with Crippen molar-refractivity contribution < 1.29 is 19.4 Å². The molecule has 184 valence electrons. The molecule has 1 fully saturated rings. The fourth-order valence-electron chi connectivity index (χ4n) is 3.36. The highest BCUT2D eigenvalue weighted by molar-refractivity contribution is 9.10. The highest BCUT2D eigenvalue weighted by atomic mass is 79.9. The summed E-state index contributed by atoms with van der Waals surface area (Å²) in [5.41, 5.74) is 2.22. The van der Waals surface area contributed by atoms with E-state index in [1.807, 2.05) is 31.2 Å². The average molecular weight is 606 g/mol. The number of amidine groups is 1. The fourth-order valence-corrected chi connectivity index (χ4v) is 5.40. The third-order valence-corrected chi connectivity index (χ3v) is 7.39. The van der Waals surface area contributed by atoms with Crippen LogP contribution in [0.5, 0.6) is 5.75 Å². The maximum atomic E-state index is 13.0. The molecule has 1 aliphatic rings. The number of aliphatic imine (C=N–C) groups is 1. The van der Waals surface area contributed by atoms with Gasteiger partial charge < -0.3 is 9.84 Å². The van der Waals surface area contributed by atoms with Crippen LogP contribution in [0.25, 0.3) is 6.08 Å². The number of benzene rings is 3. The number of carbonyl (C=O) groups excluding carboxylic acids is 1. The first-order valence-corrected chi connectivity index (χ1v) is 13.1. The largest absolute Gasteiger partial charge is 0.488 e. The molecule has 1 N–H and O–H groups in total. The molecule has 0 aromatic heterocycles. The monoisotopic (exact) mass is 604 g/mol. The van der Waals surface area contributed by atoms with Crippen LogP contribution in [0.4, 0.5) is 5.69 Å². The lowest BCUT2D eigenvalue weighted by atomic mass is 10.2. The number of aromatic carboxylic acids is 1. The minimum Gasteiger partial charge on any atom is -0.488 e. The lowest BCUT2D eigenvalue weighted by molar-refractivity contribution is -0.122. The number of hydrogen-bond acceptors (Lipinski definition) is 5. The molecule has 3 aromatic rings. The number of hydrogen-bond donors (Lipinski definition) is 1. The molecule has 4 rings (SSSR count). The maximum absolute atomic E-state index is 13.0. The summed E-state index contributed by atoms with van der Waals surface area (Å²) in [5, 5.41) is 10.8. The van der Waals surface area contributed by atoms with E-state index < -0.39 is 5.97 Å². The van der Waals surface area contributed by atoms with Crippen LogP contribution in [-0.4, -0.2) is 33.6 Å². The molecule has 3 aromatic carbocycles. The SMILES string of the molecule is CCN1C(=O)/C(=C/c2ccc(OCc3ccc(Cl)cc3Cl)c(Br)c2)SC1=Nc1cccc(C(=O)O)c1. The molecule has 0 bridgehead atoms. The van der Waals surface area contributed by atoms with E-state index in [-0.39, 0.29) is 18.1 Å². The molecule has 1 aliphatic heterocycles. The van der Waals surface area contributed by atoms with Crippen molar-refractivity contribution in [3.63, 3.8) is 0 Å². The van der Waals surface area contributed by atoms with Crippen LogP contribution in [0.3, 0.4) is 0 Å². The van der Waals surface area contributed by atoms with Gasteiger partial charge in [-0.1, -0.05) is 41.4 Å². The number of halogens is 3. The number of ether oxygens (including phenoxy) is 1. The Labute approximate surface area is 230 Å². The Morgan fingerprint density at radius 1 is 1.17 bits per heavy atom. The van der Waals surface area contributed by atoms with Gasteiger partial charge in [0.2, 0.25) is 0 Å². The van der Waals surface area contributed by atoms with Crippen LogP contribution < -0.4 is 4.74 Å². The van der Waals surface area contributed by atoms with Gasteiger partial charge >= 0.3 is 5.97 Å². The van der Waals surface area contributed by atoms with E-state index >= 15 is 0 Å². The number of rotatable bonds is 7. The van der Waals surface area contributed by atoms with Gasteiger partial charge in [-0.2, -0.15) is 0 Å². The van der Waals surface area contributed by atoms with Crippen LogP contribution in [0.15, 0.2) is 75.0 Å². The first-order valence-electron chi connectivity index (χ1n) is 10.7. The van der Waals surface area contributed by atoms with Crippen LogP contribution in [-0.2, 0) is 11.4 Å². The Morgan fingerprint density at radius 2 is 1.97 bits per heavy atom. The molecule has 1 heterocycles. The number of carboxylic acids is 1. The number of carbonyl (C=O) groups is 2. The van der Waals surface area contributed by atoms with E-state index in [2.05, 4.69) is 20.9 Å². The molecule has 1 amide bonds. The van der Waals surface area contributed by atoms with Crippen molar-refractivity contribution in [3.05, 3.63) is 96.8 Å². The smallest absolute Gasteiger partial charge is 0.335 e. The van der Waals surface area contributed by atoms with Gasteiger partial charge in [-0.3, -0.25) is 9.69 Å². The molecule has 1 saturated heterocycles. The maximum Gasteiger partial charge on any atom is 0.335 e. The lowest BCUT2D eigenvalue weighted by Crippen LogP contribution is -2.28. The van der Waals surface area contributed by atoms with Gasteiger partial charge in [0.15, 0.2) is 5.17 Å². The van der Waals surface area contributed by atoms with E-state index in [0.29, 0.717) is 38.1 Å². The predicted molar refractivity (Wildman–Crippen MR) is 148 cm³/mol. The average Bonchev–Trinajstić information content (AvgIpc) is 3.13. The first-order chi connectivity index (χ1) is 17.2. The summed E-state index contributed by atoms with van der Waals surface area (Å²) in [5.74, 6) is -0.566. The summed E-state index contributed by atoms with van der Waals surface area (Å²) < 4.78 is 6.62. The molecule has 36 heavy (non-hydrogen) atoms. The topological polar surface area (TPSA) is 79.2 Å². The molecule has 0 aliphatic carbocycles. The van der Waals surface area contributed by atoms with Crippen molar-refractivity contribution in [2.75, 3.05) is 6.54 Å². The van der Waals surface area contributed by atoms with E-state index in [1.54, 1.807) is 35.2 Å². The summed E-state index contributed by atoms with van der Waals surface area (Å²) in [4.78, 5) is 30.8. The molecule has 0 atom stereocenters. The van der Waals surface area contributed by atoms with Gasteiger partial charge in [0.05, 0.1) is 20.6 Å².